The molecule has 7 nitrogen and oxygen atoms in total. The van der Waals surface area contributed by atoms with Crippen molar-refractivity contribution in [3.8, 4) is 0 Å². The van der Waals surface area contributed by atoms with Crippen molar-refractivity contribution in [2.24, 2.45) is 5.73 Å². The van der Waals surface area contributed by atoms with Gasteiger partial charge in [-0.25, -0.2) is 4.68 Å². The van der Waals surface area contributed by atoms with E-state index < -0.39 is 0 Å². The molecular weight excluding hydrogens is 228 g/mol. The highest BCUT2D eigenvalue weighted by Crippen LogP contribution is 2.11. The Morgan fingerprint density at radius 3 is 3.06 bits per heavy atom. The van der Waals surface area contributed by atoms with Crippen LogP contribution in [0.5, 0.6) is 0 Å². The van der Waals surface area contributed by atoms with Crippen molar-refractivity contribution < 1.29 is 4.79 Å². The van der Waals surface area contributed by atoms with E-state index >= 15 is 0 Å². The number of nitrogens with two attached hydrogens (primary N) is 1. The van der Waals surface area contributed by atoms with Crippen molar-refractivity contribution in [3.63, 3.8) is 0 Å². The molecule has 0 fully saturated rings. The summed E-state index contributed by atoms with van der Waals surface area (Å²) in [5.74, 6) is -0.174. The highest BCUT2D eigenvalue weighted by atomic mass is 32.2. The average Bonchev–Trinajstić information content (AvgIpc) is 2.69. The number of hydrogen-bond acceptors (Lipinski definition) is 6. The minimum Gasteiger partial charge on any atom is -0.369 e. The van der Waals surface area contributed by atoms with Crippen LogP contribution >= 0.6 is 11.8 Å². The van der Waals surface area contributed by atoms with Gasteiger partial charge in [-0.3, -0.25) is 4.79 Å². The SMILES string of the molecule is CCCNCCn1nnnc1SCC(N)=O. The average molecular weight is 244 g/mol. The number of carbonyl (C=O) groups is 1. The van der Waals surface area contributed by atoms with Crippen molar-refractivity contribution in [1.82, 2.24) is 25.5 Å². The summed E-state index contributed by atoms with van der Waals surface area (Å²) in [6.07, 6.45) is 1.10. The third kappa shape index (κ3) is 4.58. The lowest BCUT2D eigenvalue weighted by Gasteiger charge is -2.04. The van der Waals surface area contributed by atoms with E-state index in [0.717, 1.165) is 19.5 Å². The molecule has 0 aliphatic rings. The number of amides is 1. The molecule has 0 saturated heterocycles. The Morgan fingerprint density at radius 1 is 1.56 bits per heavy atom. The van der Waals surface area contributed by atoms with Gasteiger partial charge in [-0.1, -0.05) is 18.7 Å². The van der Waals surface area contributed by atoms with Gasteiger partial charge in [0.15, 0.2) is 0 Å². The molecule has 0 atom stereocenters. The fourth-order valence-electron chi connectivity index (χ4n) is 1.06. The minimum absolute atomic E-state index is 0.197. The zero-order chi connectivity index (χ0) is 11.8. The number of hydrogen-bond donors (Lipinski definition) is 2. The Bertz CT molecular complexity index is 328. The Morgan fingerprint density at radius 2 is 2.38 bits per heavy atom. The monoisotopic (exact) mass is 244 g/mol. The molecule has 1 heterocycles. The first-order chi connectivity index (χ1) is 7.74. The van der Waals surface area contributed by atoms with Gasteiger partial charge in [-0.15, -0.1) is 5.10 Å². The number of primary amides is 1. The highest BCUT2D eigenvalue weighted by molar-refractivity contribution is 7.99. The van der Waals surface area contributed by atoms with Crippen LogP contribution in [0.4, 0.5) is 0 Å². The molecule has 1 amide bonds. The summed E-state index contributed by atoms with van der Waals surface area (Å²) in [5, 5.41) is 15.1. The molecule has 3 N–H and O–H groups in total. The van der Waals surface area contributed by atoms with Crippen LogP contribution in [-0.2, 0) is 11.3 Å². The third-order valence-electron chi connectivity index (χ3n) is 1.77. The molecule has 8 heteroatoms. The fourth-order valence-corrected chi connectivity index (χ4v) is 1.71. The largest absolute Gasteiger partial charge is 0.369 e. The minimum atomic E-state index is -0.372. The first-order valence-corrected chi connectivity index (χ1v) is 6.10. The Kier molecular flexibility index (Phi) is 5.79. The van der Waals surface area contributed by atoms with E-state index in [-0.39, 0.29) is 11.7 Å². The molecular formula is C8H16N6OS. The molecule has 0 aliphatic carbocycles. The quantitative estimate of drug-likeness (QED) is 0.461. The molecule has 1 rings (SSSR count). The summed E-state index contributed by atoms with van der Waals surface area (Å²) < 4.78 is 1.66. The molecule has 0 unspecified atom stereocenters. The van der Waals surface area contributed by atoms with E-state index in [1.165, 1.54) is 11.8 Å². The number of rotatable bonds is 8. The van der Waals surface area contributed by atoms with Gasteiger partial charge in [0.25, 0.3) is 0 Å². The van der Waals surface area contributed by atoms with E-state index in [0.29, 0.717) is 11.7 Å². The predicted molar refractivity (Wildman–Crippen MR) is 60.9 cm³/mol. The smallest absolute Gasteiger partial charge is 0.227 e. The van der Waals surface area contributed by atoms with E-state index in [4.69, 9.17) is 5.73 Å². The standard InChI is InChI=1S/C8H16N6OS/c1-2-3-10-4-5-14-8(11-12-13-14)16-6-7(9)15/h10H,2-6H2,1H3,(H2,9,15). The fraction of sp³-hybridized carbons (Fsp3) is 0.750. The number of carbonyl (C=O) groups excluding carboxylic acids is 1. The van der Waals surface area contributed by atoms with Crippen molar-refractivity contribution in [1.29, 1.82) is 0 Å². The van der Waals surface area contributed by atoms with Crippen molar-refractivity contribution in [3.05, 3.63) is 0 Å². The summed E-state index contributed by atoms with van der Waals surface area (Å²) in [6, 6.07) is 0. The van der Waals surface area contributed by atoms with Gasteiger partial charge in [-0.05, 0) is 23.4 Å². The highest BCUT2D eigenvalue weighted by Gasteiger charge is 2.07. The molecule has 0 radical (unpaired) electrons. The number of tetrazole rings is 1. The molecule has 0 aliphatic heterocycles. The molecule has 16 heavy (non-hydrogen) atoms. The summed E-state index contributed by atoms with van der Waals surface area (Å²) in [4.78, 5) is 10.6. The van der Waals surface area contributed by atoms with Gasteiger partial charge in [0.1, 0.15) is 0 Å². The molecule has 0 aromatic carbocycles. The maximum absolute atomic E-state index is 10.6. The number of nitrogens with zero attached hydrogens (tertiary/aromatic N) is 4. The van der Waals surface area contributed by atoms with E-state index in [1.54, 1.807) is 4.68 Å². The van der Waals surface area contributed by atoms with Crippen molar-refractivity contribution >= 4 is 17.7 Å². The Hall–Kier alpha value is -1.15. The molecule has 1 aromatic rings. The van der Waals surface area contributed by atoms with Crippen LogP contribution < -0.4 is 11.1 Å². The molecule has 0 bridgehead atoms. The van der Waals surface area contributed by atoms with Crippen LogP contribution in [0.2, 0.25) is 0 Å². The third-order valence-corrected chi connectivity index (χ3v) is 2.75. The molecule has 0 saturated carbocycles. The number of aromatic nitrogens is 4. The van der Waals surface area contributed by atoms with E-state index in [9.17, 15) is 4.79 Å². The second-order valence-electron chi connectivity index (χ2n) is 3.19. The lowest BCUT2D eigenvalue weighted by Crippen LogP contribution is -2.21. The van der Waals surface area contributed by atoms with Gasteiger partial charge in [0.2, 0.25) is 11.1 Å². The first kappa shape index (κ1) is 12.9. The maximum atomic E-state index is 10.6. The van der Waals surface area contributed by atoms with Gasteiger partial charge in [0.05, 0.1) is 12.3 Å². The molecule has 90 valence electrons. The van der Waals surface area contributed by atoms with Gasteiger partial charge < -0.3 is 11.1 Å². The predicted octanol–water partition coefficient (Wildman–Crippen LogP) is -0.750. The summed E-state index contributed by atoms with van der Waals surface area (Å²) in [7, 11) is 0. The van der Waals surface area contributed by atoms with Crippen LogP contribution in [0.15, 0.2) is 5.16 Å². The maximum Gasteiger partial charge on any atom is 0.227 e. The zero-order valence-electron chi connectivity index (χ0n) is 9.22. The lowest BCUT2D eigenvalue weighted by molar-refractivity contribution is -0.115. The lowest BCUT2D eigenvalue weighted by atomic mass is 10.5. The summed E-state index contributed by atoms with van der Waals surface area (Å²) in [5.41, 5.74) is 5.05. The summed E-state index contributed by atoms with van der Waals surface area (Å²) >= 11 is 1.25. The molecule has 1 aromatic heterocycles. The topological polar surface area (TPSA) is 98.7 Å². The number of nitrogens with one attached hydrogen (secondary N) is 1. The van der Waals surface area contributed by atoms with Crippen LogP contribution in [-0.4, -0.2) is 45.0 Å². The second-order valence-corrected chi connectivity index (χ2v) is 4.13. The number of thioether (sulfide) groups is 1. The van der Waals surface area contributed by atoms with Gasteiger partial charge >= 0.3 is 0 Å². The van der Waals surface area contributed by atoms with Crippen LogP contribution in [0.1, 0.15) is 13.3 Å². The second kappa shape index (κ2) is 7.18. The van der Waals surface area contributed by atoms with Crippen molar-refractivity contribution in [2.75, 3.05) is 18.8 Å². The first-order valence-electron chi connectivity index (χ1n) is 5.12. The Labute approximate surface area is 98.1 Å². The molecule has 0 spiro atoms. The Balaban J connectivity index is 2.35. The van der Waals surface area contributed by atoms with Crippen LogP contribution in [0.3, 0.4) is 0 Å². The normalized spacial score (nSPS) is 10.6. The van der Waals surface area contributed by atoms with Crippen molar-refractivity contribution in [2.45, 2.75) is 25.0 Å². The van der Waals surface area contributed by atoms with Crippen LogP contribution in [0, 0.1) is 0 Å². The van der Waals surface area contributed by atoms with E-state index in [1.807, 2.05) is 0 Å². The summed E-state index contributed by atoms with van der Waals surface area (Å²) in [6.45, 7) is 4.58. The zero-order valence-corrected chi connectivity index (χ0v) is 10.0. The van der Waals surface area contributed by atoms with Gasteiger partial charge in [0, 0.05) is 6.54 Å². The van der Waals surface area contributed by atoms with Crippen LogP contribution in [0.25, 0.3) is 0 Å². The van der Waals surface area contributed by atoms with Gasteiger partial charge in [-0.2, -0.15) is 0 Å². The van der Waals surface area contributed by atoms with E-state index in [2.05, 4.69) is 27.8 Å².